The Hall–Kier alpha value is -1.97. The maximum atomic E-state index is 4.38. The summed E-state index contributed by atoms with van der Waals surface area (Å²) in [5, 5.41) is 0. The van der Waals surface area contributed by atoms with Gasteiger partial charge in [0, 0.05) is 49.0 Å². The summed E-state index contributed by atoms with van der Waals surface area (Å²) in [4.78, 5) is 14.8. The molecule has 0 N–H and O–H groups in total. The van der Waals surface area contributed by atoms with Gasteiger partial charge in [0.1, 0.15) is 6.33 Å². The van der Waals surface area contributed by atoms with Crippen molar-refractivity contribution in [1.82, 2.24) is 15.0 Å². The normalized spacial score (nSPS) is 19.8. The first-order valence-electron chi connectivity index (χ1n) is 6.34. The molecule has 0 spiro atoms. The molecular weight excluding hydrogens is 224 g/mol. The van der Waals surface area contributed by atoms with Gasteiger partial charge in [-0.05, 0) is 31.0 Å². The van der Waals surface area contributed by atoms with Crippen molar-refractivity contribution in [2.75, 3.05) is 18.0 Å². The minimum absolute atomic E-state index is 0.509. The minimum atomic E-state index is 0.509. The van der Waals surface area contributed by atoms with Crippen LogP contribution in [0.5, 0.6) is 0 Å². The lowest BCUT2D eigenvalue weighted by atomic mass is 9.94. The quantitative estimate of drug-likeness (QED) is 0.807. The van der Waals surface area contributed by atoms with Crippen LogP contribution in [-0.4, -0.2) is 28.0 Å². The molecule has 1 aliphatic heterocycles. The van der Waals surface area contributed by atoms with E-state index in [2.05, 4.69) is 32.0 Å². The minimum Gasteiger partial charge on any atom is -0.371 e. The van der Waals surface area contributed by atoms with Crippen molar-refractivity contribution in [2.45, 2.75) is 18.8 Å². The van der Waals surface area contributed by atoms with Crippen LogP contribution < -0.4 is 4.90 Å². The second-order valence-electron chi connectivity index (χ2n) is 4.62. The van der Waals surface area contributed by atoms with E-state index in [1.165, 1.54) is 18.5 Å². The summed E-state index contributed by atoms with van der Waals surface area (Å²) >= 11 is 0. The van der Waals surface area contributed by atoms with Crippen LogP contribution in [0.2, 0.25) is 0 Å². The Morgan fingerprint density at radius 1 is 1.06 bits per heavy atom. The first-order chi connectivity index (χ1) is 8.93. The molecule has 0 radical (unpaired) electrons. The van der Waals surface area contributed by atoms with Gasteiger partial charge in [0.05, 0.1) is 0 Å². The van der Waals surface area contributed by atoms with Crippen molar-refractivity contribution in [3.8, 4) is 0 Å². The fraction of sp³-hybridized carbons (Fsp3) is 0.357. The topological polar surface area (TPSA) is 41.9 Å². The zero-order chi connectivity index (χ0) is 12.2. The van der Waals surface area contributed by atoms with E-state index >= 15 is 0 Å². The summed E-state index contributed by atoms with van der Waals surface area (Å²) in [6.07, 6.45) is 9.58. The Morgan fingerprint density at radius 3 is 2.67 bits per heavy atom. The van der Waals surface area contributed by atoms with Gasteiger partial charge in [0.15, 0.2) is 0 Å². The Balaban J connectivity index is 1.77. The van der Waals surface area contributed by atoms with Crippen LogP contribution in [-0.2, 0) is 0 Å². The van der Waals surface area contributed by atoms with Gasteiger partial charge >= 0.3 is 0 Å². The van der Waals surface area contributed by atoms with Gasteiger partial charge in [0.25, 0.3) is 0 Å². The van der Waals surface area contributed by atoms with Crippen LogP contribution in [0.1, 0.15) is 24.5 Å². The van der Waals surface area contributed by atoms with E-state index in [0.29, 0.717) is 5.92 Å². The zero-order valence-electron chi connectivity index (χ0n) is 10.2. The molecule has 4 nitrogen and oxygen atoms in total. The van der Waals surface area contributed by atoms with Crippen molar-refractivity contribution in [3.63, 3.8) is 0 Å². The molecule has 3 rings (SSSR count). The number of rotatable bonds is 2. The maximum Gasteiger partial charge on any atom is 0.115 e. The number of piperidine rings is 1. The number of pyridine rings is 1. The van der Waals surface area contributed by atoms with E-state index in [9.17, 15) is 0 Å². The van der Waals surface area contributed by atoms with Crippen molar-refractivity contribution < 1.29 is 0 Å². The highest BCUT2D eigenvalue weighted by atomic mass is 15.1. The Morgan fingerprint density at radius 2 is 1.89 bits per heavy atom. The van der Waals surface area contributed by atoms with Crippen LogP contribution in [0.15, 0.2) is 43.1 Å². The first-order valence-corrected chi connectivity index (χ1v) is 6.34. The van der Waals surface area contributed by atoms with Crippen molar-refractivity contribution >= 4 is 5.69 Å². The smallest absolute Gasteiger partial charge is 0.115 e. The average molecular weight is 240 g/mol. The van der Waals surface area contributed by atoms with Gasteiger partial charge in [-0.1, -0.05) is 0 Å². The number of anilines is 1. The van der Waals surface area contributed by atoms with Crippen molar-refractivity contribution in [2.24, 2.45) is 0 Å². The van der Waals surface area contributed by atoms with Crippen molar-refractivity contribution in [1.29, 1.82) is 0 Å². The summed E-state index contributed by atoms with van der Waals surface area (Å²) in [5.41, 5.74) is 2.41. The van der Waals surface area contributed by atoms with Gasteiger partial charge < -0.3 is 4.90 Å². The van der Waals surface area contributed by atoms with Crippen LogP contribution in [0.4, 0.5) is 5.69 Å². The Kier molecular flexibility index (Phi) is 3.17. The number of nitrogens with zero attached hydrogens (tertiary/aromatic N) is 4. The van der Waals surface area contributed by atoms with Crippen LogP contribution in [0.3, 0.4) is 0 Å². The molecule has 2 aromatic rings. The van der Waals surface area contributed by atoms with Crippen LogP contribution >= 0.6 is 0 Å². The van der Waals surface area contributed by atoms with Gasteiger partial charge in [-0.3, -0.25) is 4.98 Å². The average Bonchev–Trinajstić information content (AvgIpc) is 2.49. The fourth-order valence-corrected chi connectivity index (χ4v) is 2.55. The number of hydrogen-bond acceptors (Lipinski definition) is 4. The molecule has 1 atom stereocenters. The van der Waals surface area contributed by atoms with Gasteiger partial charge in [-0.25, -0.2) is 9.97 Å². The highest BCUT2D eigenvalue weighted by molar-refractivity contribution is 5.45. The molecule has 3 heterocycles. The van der Waals surface area contributed by atoms with E-state index in [0.717, 1.165) is 18.8 Å². The molecule has 0 unspecified atom stereocenters. The Labute approximate surface area is 107 Å². The zero-order valence-corrected chi connectivity index (χ0v) is 10.2. The molecule has 0 bridgehead atoms. The summed E-state index contributed by atoms with van der Waals surface area (Å²) in [6, 6.07) is 6.17. The largest absolute Gasteiger partial charge is 0.371 e. The van der Waals surface area contributed by atoms with Gasteiger partial charge in [-0.2, -0.15) is 0 Å². The first kappa shape index (κ1) is 11.1. The summed E-state index contributed by atoms with van der Waals surface area (Å²) in [5.74, 6) is 0.509. The fourth-order valence-electron chi connectivity index (χ4n) is 2.55. The van der Waals surface area contributed by atoms with Gasteiger partial charge in [0.2, 0.25) is 0 Å². The second-order valence-corrected chi connectivity index (χ2v) is 4.62. The van der Waals surface area contributed by atoms with E-state index in [4.69, 9.17) is 0 Å². The SMILES string of the molecule is c1cc(N2CCC[C@@H](c3ccncn3)C2)ccn1. The third-order valence-electron chi connectivity index (χ3n) is 3.47. The highest BCUT2D eigenvalue weighted by Crippen LogP contribution is 2.28. The number of aromatic nitrogens is 3. The molecule has 1 fully saturated rings. The van der Waals surface area contributed by atoms with Crippen LogP contribution in [0.25, 0.3) is 0 Å². The third-order valence-corrected chi connectivity index (χ3v) is 3.47. The lowest BCUT2D eigenvalue weighted by Crippen LogP contribution is -2.34. The predicted octanol–water partition coefficient (Wildman–Crippen LogP) is 2.26. The summed E-state index contributed by atoms with van der Waals surface area (Å²) in [7, 11) is 0. The number of hydrogen-bond donors (Lipinski definition) is 0. The maximum absolute atomic E-state index is 4.38. The predicted molar refractivity (Wildman–Crippen MR) is 70.5 cm³/mol. The highest BCUT2D eigenvalue weighted by Gasteiger charge is 2.22. The van der Waals surface area contributed by atoms with E-state index < -0.39 is 0 Å². The van der Waals surface area contributed by atoms with Crippen LogP contribution in [0, 0.1) is 0 Å². The molecule has 0 amide bonds. The molecular formula is C14H16N4. The third kappa shape index (κ3) is 2.32. The van der Waals surface area contributed by atoms with Crippen molar-refractivity contribution in [3.05, 3.63) is 48.8 Å². The van der Waals surface area contributed by atoms with E-state index in [1.54, 1.807) is 6.33 Å². The summed E-state index contributed by atoms with van der Waals surface area (Å²) in [6.45, 7) is 2.15. The molecule has 0 aromatic carbocycles. The molecule has 0 saturated carbocycles. The molecule has 92 valence electrons. The Bertz CT molecular complexity index is 440. The lowest BCUT2D eigenvalue weighted by molar-refractivity contribution is 0.501. The molecule has 1 aliphatic rings. The van der Waals surface area contributed by atoms with E-state index in [1.807, 2.05) is 24.7 Å². The molecule has 0 aliphatic carbocycles. The molecule has 4 heteroatoms. The summed E-state index contributed by atoms with van der Waals surface area (Å²) < 4.78 is 0. The van der Waals surface area contributed by atoms with Gasteiger partial charge in [-0.15, -0.1) is 0 Å². The lowest BCUT2D eigenvalue weighted by Gasteiger charge is -2.34. The molecule has 1 saturated heterocycles. The standard InChI is InChI=1S/C14H16N4/c1-2-12(14-5-8-16-11-17-14)10-18(9-1)13-3-6-15-7-4-13/h3-8,11-12H,1-2,9-10H2/t12-/m1/s1. The van der Waals surface area contributed by atoms with E-state index in [-0.39, 0.29) is 0 Å². The molecule has 18 heavy (non-hydrogen) atoms. The molecule has 2 aromatic heterocycles. The monoisotopic (exact) mass is 240 g/mol. The second kappa shape index (κ2) is 5.12.